The van der Waals surface area contributed by atoms with Crippen molar-refractivity contribution in [1.82, 2.24) is 15.3 Å². The van der Waals surface area contributed by atoms with Crippen LogP contribution in [0.5, 0.6) is 0 Å². The molecule has 3 atom stereocenters. The van der Waals surface area contributed by atoms with Crippen molar-refractivity contribution in [3.05, 3.63) is 48.2 Å². The molecule has 0 aliphatic heterocycles. The average molecular weight is 383 g/mol. The lowest BCUT2D eigenvalue weighted by Gasteiger charge is -2.36. The van der Waals surface area contributed by atoms with Gasteiger partial charge < -0.3 is 21.1 Å². The summed E-state index contributed by atoms with van der Waals surface area (Å²) in [7, 11) is 0. The number of ether oxygens (including phenoxy) is 1. The summed E-state index contributed by atoms with van der Waals surface area (Å²) in [5.41, 5.74) is 6.86. The van der Waals surface area contributed by atoms with Gasteiger partial charge >= 0.3 is 0 Å². The van der Waals surface area contributed by atoms with Crippen LogP contribution in [0.4, 0.5) is 11.8 Å². The van der Waals surface area contributed by atoms with E-state index in [1.165, 1.54) is 0 Å². The third-order valence-electron chi connectivity index (χ3n) is 4.99. The minimum atomic E-state index is -0.0660. The molecule has 0 spiro atoms. The van der Waals surface area contributed by atoms with Gasteiger partial charge in [0, 0.05) is 25.3 Å². The lowest BCUT2D eigenvalue weighted by atomic mass is 9.83. The number of nitrogen functional groups attached to an aromatic ring is 1. The number of anilines is 2. The molecule has 7 nitrogen and oxygen atoms in total. The van der Waals surface area contributed by atoms with Crippen LogP contribution < -0.4 is 16.4 Å². The number of hydrogen-bond donors (Lipinski definition) is 3. The SMILES string of the molecule is CCCO[C@@H]1CC[C@H](C(=O)NCc2ccccc2)C[C@H]1Nc1nccc(N)n1. The van der Waals surface area contributed by atoms with Gasteiger partial charge in [-0.2, -0.15) is 4.98 Å². The van der Waals surface area contributed by atoms with Crippen molar-refractivity contribution < 1.29 is 9.53 Å². The zero-order valence-electron chi connectivity index (χ0n) is 16.3. The van der Waals surface area contributed by atoms with Crippen LogP contribution in [0.1, 0.15) is 38.2 Å². The third kappa shape index (κ3) is 5.66. The van der Waals surface area contributed by atoms with Crippen molar-refractivity contribution in [2.24, 2.45) is 5.92 Å². The second-order valence-corrected chi connectivity index (χ2v) is 7.18. The highest BCUT2D eigenvalue weighted by molar-refractivity contribution is 5.78. The molecule has 3 rings (SSSR count). The van der Waals surface area contributed by atoms with E-state index in [9.17, 15) is 4.79 Å². The summed E-state index contributed by atoms with van der Waals surface area (Å²) in [6.45, 7) is 3.33. The van der Waals surface area contributed by atoms with E-state index in [1.54, 1.807) is 12.3 Å². The maximum absolute atomic E-state index is 12.7. The highest BCUT2D eigenvalue weighted by Crippen LogP contribution is 2.29. The molecule has 1 amide bonds. The molecular weight excluding hydrogens is 354 g/mol. The van der Waals surface area contributed by atoms with Crippen molar-refractivity contribution in [2.45, 2.75) is 51.3 Å². The molecule has 1 aromatic heterocycles. The van der Waals surface area contributed by atoms with E-state index in [-0.39, 0.29) is 24.0 Å². The van der Waals surface area contributed by atoms with Gasteiger partial charge in [0.25, 0.3) is 0 Å². The minimum Gasteiger partial charge on any atom is -0.384 e. The molecule has 1 aromatic carbocycles. The Morgan fingerprint density at radius 1 is 1.25 bits per heavy atom. The summed E-state index contributed by atoms with van der Waals surface area (Å²) in [5, 5.41) is 6.39. The summed E-state index contributed by atoms with van der Waals surface area (Å²) in [6, 6.07) is 11.6. The minimum absolute atomic E-state index is 0.0307. The Hall–Kier alpha value is -2.67. The summed E-state index contributed by atoms with van der Waals surface area (Å²) < 4.78 is 6.02. The van der Waals surface area contributed by atoms with Crippen molar-refractivity contribution in [3.63, 3.8) is 0 Å². The Bertz CT molecular complexity index is 755. The van der Waals surface area contributed by atoms with E-state index in [1.807, 2.05) is 30.3 Å². The Morgan fingerprint density at radius 3 is 2.82 bits per heavy atom. The molecule has 28 heavy (non-hydrogen) atoms. The standard InChI is InChI=1S/C21H29N5O2/c1-2-12-28-18-9-8-16(20(27)24-14-15-6-4-3-5-7-15)13-17(18)25-21-23-11-10-19(22)26-21/h3-7,10-11,16-18H,2,8-9,12-14H2,1H3,(H,24,27)(H3,22,23,25,26)/t16-,17+,18+/m0/s1. The molecule has 0 unspecified atom stereocenters. The van der Waals surface area contributed by atoms with Crippen molar-refractivity contribution in [3.8, 4) is 0 Å². The van der Waals surface area contributed by atoms with E-state index < -0.39 is 0 Å². The normalized spacial score (nSPS) is 21.8. The van der Waals surface area contributed by atoms with Gasteiger partial charge in [-0.25, -0.2) is 4.98 Å². The lowest BCUT2D eigenvalue weighted by molar-refractivity contribution is -0.127. The summed E-state index contributed by atoms with van der Waals surface area (Å²) >= 11 is 0. The van der Waals surface area contributed by atoms with E-state index in [4.69, 9.17) is 10.5 Å². The van der Waals surface area contributed by atoms with Gasteiger partial charge in [0.2, 0.25) is 11.9 Å². The van der Waals surface area contributed by atoms with Gasteiger partial charge in [0.05, 0.1) is 12.1 Å². The van der Waals surface area contributed by atoms with Crippen LogP contribution >= 0.6 is 0 Å². The first-order valence-corrected chi connectivity index (χ1v) is 9.94. The fourth-order valence-electron chi connectivity index (χ4n) is 3.54. The van der Waals surface area contributed by atoms with Gasteiger partial charge in [0.1, 0.15) is 5.82 Å². The second-order valence-electron chi connectivity index (χ2n) is 7.18. The van der Waals surface area contributed by atoms with Crippen molar-refractivity contribution in [2.75, 3.05) is 17.7 Å². The molecule has 2 aromatic rings. The summed E-state index contributed by atoms with van der Waals surface area (Å²) in [6.07, 6.45) is 4.92. The van der Waals surface area contributed by atoms with Crippen LogP contribution in [0, 0.1) is 5.92 Å². The molecule has 0 radical (unpaired) electrons. The van der Waals surface area contributed by atoms with Gasteiger partial charge in [-0.1, -0.05) is 37.3 Å². The Balaban J connectivity index is 1.61. The predicted octanol–water partition coefficient (Wildman–Crippen LogP) is 2.75. The van der Waals surface area contributed by atoms with E-state index in [2.05, 4.69) is 27.5 Å². The fraction of sp³-hybridized carbons (Fsp3) is 0.476. The number of carbonyl (C=O) groups is 1. The van der Waals surface area contributed by atoms with Crippen LogP contribution in [0.2, 0.25) is 0 Å². The topological polar surface area (TPSA) is 102 Å². The largest absolute Gasteiger partial charge is 0.384 e. The van der Waals surface area contributed by atoms with Crippen LogP contribution in [0.15, 0.2) is 42.6 Å². The Morgan fingerprint density at radius 2 is 2.07 bits per heavy atom. The third-order valence-corrected chi connectivity index (χ3v) is 4.99. The van der Waals surface area contributed by atoms with Gasteiger partial charge in [-0.3, -0.25) is 4.79 Å². The highest BCUT2D eigenvalue weighted by atomic mass is 16.5. The Kier molecular flexibility index (Phi) is 7.19. The summed E-state index contributed by atoms with van der Waals surface area (Å²) in [4.78, 5) is 21.2. The molecule has 7 heteroatoms. The van der Waals surface area contributed by atoms with Crippen LogP contribution in [-0.2, 0) is 16.1 Å². The zero-order valence-corrected chi connectivity index (χ0v) is 16.3. The maximum Gasteiger partial charge on any atom is 0.224 e. The number of nitrogens with zero attached hydrogens (tertiary/aromatic N) is 2. The molecule has 150 valence electrons. The molecule has 1 fully saturated rings. The number of benzene rings is 1. The number of rotatable bonds is 8. The van der Waals surface area contributed by atoms with Crippen LogP contribution in [0.25, 0.3) is 0 Å². The van der Waals surface area contributed by atoms with E-state index in [0.29, 0.717) is 31.3 Å². The molecule has 0 saturated heterocycles. The molecule has 1 saturated carbocycles. The second kappa shape index (κ2) is 10.0. The molecule has 0 bridgehead atoms. The number of nitrogens with two attached hydrogens (primary N) is 1. The quantitative estimate of drug-likeness (QED) is 0.648. The molecule has 1 aliphatic carbocycles. The van der Waals surface area contributed by atoms with E-state index >= 15 is 0 Å². The van der Waals surface area contributed by atoms with Gasteiger partial charge in [0.15, 0.2) is 0 Å². The number of hydrogen-bond acceptors (Lipinski definition) is 6. The molecule has 1 aliphatic rings. The molecule has 1 heterocycles. The van der Waals surface area contributed by atoms with E-state index in [0.717, 1.165) is 24.8 Å². The first-order chi connectivity index (χ1) is 13.7. The first kappa shape index (κ1) is 20.1. The van der Waals surface area contributed by atoms with Gasteiger partial charge in [-0.15, -0.1) is 0 Å². The number of aromatic nitrogens is 2. The van der Waals surface area contributed by atoms with Crippen molar-refractivity contribution in [1.29, 1.82) is 0 Å². The maximum atomic E-state index is 12.7. The molecular formula is C21H29N5O2. The van der Waals surface area contributed by atoms with Crippen LogP contribution in [-0.4, -0.2) is 34.6 Å². The predicted molar refractivity (Wildman–Crippen MR) is 110 cm³/mol. The smallest absolute Gasteiger partial charge is 0.224 e. The average Bonchev–Trinajstić information content (AvgIpc) is 2.72. The van der Waals surface area contributed by atoms with Crippen molar-refractivity contribution >= 4 is 17.7 Å². The monoisotopic (exact) mass is 383 g/mol. The fourth-order valence-corrected chi connectivity index (χ4v) is 3.54. The Labute approximate surface area is 166 Å². The van der Waals surface area contributed by atoms with Crippen LogP contribution in [0.3, 0.4) is 0 Å². The molecule has 4 N–H and O–H groups in total. The number of carbonyl (C=O) groups excluding carboxylic acids is 1. The lowest BCUT2D eigenvalue weighted by Crippen LogP contribution is -2.45. The first-order valence-electron chi connectivity index (χ1n) is 9.94. The zero-order chi connectivity index (χ0) is 19.8. The highest BCUT2D eigenvalue weighted by Gasteiger charge is 2.34. The number of amides is 1. The summed E-state index contributed by atoms with van der Waals surface area (Å²) in [5.74, 6) is 0.902. The van der Waals surface area contributed by atoms with Gasteiger partial charge in [-0.05, 0) is 37.3 Å². The number of nitrogens with one attached hydrogen (secondary N) is 2.